The Balaban J connectivity index is 0.00000192. The van der Waals surface area contributed by atoms with Crippen molar-refractivity contribution in [3.05, 3.63) is 0 Å². The highest BCUT2D eigenvalue weighted by molar-refractivity contribution is 7.86. The second-order valence-electron chi connectivity index (χ2n) is 7.36. The Morgan fingerprint density at radius 1 is 0.913 bits per heavy atom. The van der Waals surface area contributed by atoms with Crippen LogP contribution in [0.4, 0.5) is 0 Å². The smallest absolute Gasteiger partial charge is 0.282 e. The molecule has 23 heavy (non-hydrogen) atoms. The Morgan fingerprint density at radius 2 is 1.52 bits per heavy atom. The molecule has 3 rings (SSSR count). The van der Waals surface area contributed by atoms with Crippen LogP contribution in [0.5, 0.6) is 0 Å². The van der Waals surface area contributed by atoms with E-state index in [2.05, 4.69) is 24.1 Å². The van der Waals surface area contributed by atoms with E-state index in [0.29, 0.717) is 44.1 Å². The van der Waals surface area contributed by atoms with Gasteiger partial charge in [0.15, 0.2) is 0 Å². The highest BCUT2D eigenvalue weighted by atomic mass is 35.5. The molecule has 0 aromatic carbocycles. The first-order valence-corrected chi connectivity index (χ1v) is 10.1. The molecule has 3 atom stereocenters. The Morgan fingerprint density at radius 3 is 2.13 bits per heavy atom. The van der Waals surface area contributed by atoms with Gasteiger partial charge in [-0.1, -0.05) is 13.8 Å². The van der Waals surface area contributed by atoms with Gasteiger partial charge in [0.2, 0.25) is 0 Å². The van der Waals surface area contributed by atoms with Crippen LogP contribution in [-0.2, 0) is 10.2 Å². The summed E-state index contributed by atoms with van der Waals surface area (Å²) in [5.41, 5.74) is 0. The highest BCUT2D eigenvalue weighted by Gasteiger charge is 2.39. The number of piperazine rings is 1. The maximum absolute atomic E-state index is 12.9. The molecule has 3 aliphatic rings. The summed E-state index contributed by atoms with van der Waals surface area (Å²) in [7, 11) is -3.27. The lowest BCUT2D eigenvalue weighted by Crippen LogP contribution is -2.51. The van der Waals surface area contributed by atoms with Crippen molar-refractivity contribution in [2.24, 2.45) is 11.8 Å². The molecule has 0 amide bonds. The van der Waals surface area contributed by atoms with Gasteiger partial charge in [-0.3, -0.25) is 4.90 Å². The molecule has 6 nitrogen and oxygen atoms in total. The van der Waals surface area contributed by atoms with E-state index in [1.165, 1.54) is 0 Å². The van der Waals surface area contributed by atoms with Crippen molar-refractivity contribution in [3.8, 4) is 0 Å². The first-order valence-electron chi connectivity index (χ1n) is 8.67. The predicted molar refractivity (Wildman–Crippen MR) is 95.1 cm³/mol. The minimum atomic E-state index is -3.27. The Kier molecular flexibility index (Phi) is 6.73. The summed E-state index contributed by atoms with van der Waals surface area (Å²) in [6.07, 6.45) is 2.10. The molecular formula is C15H31ClN4O2S. The molecule has 1 N–H and O–H groups in total. The van der Waals surface area contributed by atoms with Gasteiger partial charge in [0, 0.05) is 58.4 Å². The molecular weight excluding hydrogens is 336 g/mol. The van der Waals surface area contributed by atoms with Crippen LogP contribution in [0.25, 0.3) is 0 Å². The lowest BCUT2D eigenvalue weighted by molar-refractivity contribution is 0.176. The number of rotatable bonds is 3. The summed E-state index contributed by atoms with van der Waals surface area (Å²) in [6.45, 7) is 11.1. The number of piperidine rings is 1. The largest absolute Gasteiger partial charge is 0.314 e. The van der Waals surface area contributed by atoms with Gasteiger partial charge in [-0.2, -0.15) is 17.0 Å². The Hall–Kier alpha value is 0.0800. The van der Waals surface area contributed by atoms with Gasteiger partial charge >= 0.3 is 0 Å². The maximum Gasteiger partial charge on any atom is 0.282 e. The predicted octanol–water partition coefficient (Wildman–Crippen LogP) is 0.610. The van der Waals surface area contributed by atoms with E-state index in [9.17, 15) is 8.42 Å². The standard InChI is InChI=1S/C15H30N4O2S.ClH/c1-13-9-14(2)11-19(10-13)22(20,21)18-6-3-15(12-18)17-7-4-16-5-8-17;/h13-16H,3-12H2,1-2H3;1H. The number of hydrogen-bond donors (Lipinski definition) is 1. The molecule has 3 aliphatic heterocycles. The summed E-state index contributed by atoms with van der Waals surface area (Å²) in [5, 5.41) is 3.36. The topological polar surface area (TPSA) is 55.9 Å². The zero-order valence-electron chi connectivity index (χ0n) is 14.3. The fourth-order valence-electron chi connectivity index (χ4n) is 4.22. The van der Waals surface area contributed by atoms with Gasteiger partial charge in [-0.25, -0.2) is 0 Å². The summed E-state index contributed by atoms with van der Waals surface area (Å²) in [5.74, 6) is 0.926. The SMILES string of the molecule is CC1CC(C)CN(S(=O)(=O)N2CCC(N3CCNCC3)C2)C1.Cl. The zero-order valence-corrected chi connectivity index (χ0v) is 15.9. The number of nitrogens with one attached hydrogen (secondary N) is 1. The van der Waals surface area contributed by atoms with Crippen LogP contribution in [0.2, 0.25) is 0 Å². The number of nitrogens with zero attached hydrogens (tertiary/aromatic N) is 3. The monoisotopic (exact) mass is 366 g/mol. The normalized spacial score (nSPS) is 35.1. The highest BCUT2D eigenvalue weighted by Crippen LogP contribution is 2.27. The van der Waals surface area contributed by atoms with Crippen molar-refractivity contribution < 1.29 is 8.42 Å². The summed E-state index contributed by atoms with van der Waals surface area (Å²) in [6, 6.07) is 0.400. The van der Waals surface area contributed by atoms with Crippen LogP contribution in [0.3, 0.4) is 0 Å². The second-order valence-corrected chi connectivity index (χ2v) is 9.29. The molecule has 3 fully saturated rings. The van der Waals surface area contributed by atoms with Crippen molar-refractivity contribution in [1.29, 1.82) is 0 Å². The van der Waals surface area contributed by atoms with E-state index >= 15 is 0 Å². The molecule has 0 spiro atoms. The fraction of sp³-hybridized carbons (Fsp3) is 1.00. The molecule has 0 aromatic heterocycles. The number of hydrogen-bond acceptors (Lipinski definition) is 4. The van der Waals surface area contributed by atoms with Crippen molar-refractivity contribution in [1.82, 2.24) is 18.8 Å². The maximum atomic E-state index is 12.9. The summed E-state index contributed by atoms with van der Waals surface area (Å²) >= 11 is 0. The van der Waals surface area contributed by atoms with Crippen molar-refractivity contribution in [3.63, 3.8) is 0 Å². The third kappa shape index (κ3) is 4.38. The lowest BCUT2D eigenvalue weighted by atomic mass is 9.94. The molecule has 3 saturated heterocycles. The minimum Gasteiger partial charge on any atom is -0.314 e. The molecule has 0 radical (unpaired) electrons. The Labute approximate surface area is 147 Å². The molecule has 8 heteroatoms. The molecule has 0 bridgehead atoms. The molecule has 0 saturated carbocycles. The average Bonchev–Trinajstić information content (AvgIpc) is 2.98. The summed E-state index contributed by atoms with van der Waals surface area (Å²) in [4.78, 5) is 2.45. The van der Waals surface area contributed by atoms with Gasteiger partial charge in [-0.05, 0) is 24.7 Å². The minimum absolute atomic E-state index is 0. The molecule has 3 unspecified atom stereocenters. The van der Waals surface area contributed by atoms with Gasteiger partial charge in [0.05, 0.1) is 0 Å². The molecule has 136 valence electrons. The van der Waals surface area contributed by atoms with Crippen LogP contribution in [0.15, 0.2) is 0 Å². The van der Waals surface area contributed by atoms with Crippen LogP contribution in [0, 0.1) is 11.8 Å². The van der Waals surface area contributed by atoms with E-state index in [4.69, 9.17) is 0 Å². The third-order valence-electron chi connectivity index (χ3n) is 5.28. The molecule has 0 aliphatic carbocycles. The van der Waals surface area contributed by atoms with Gasteiger partial charge < -0.3 is 5.32 Å². The van der Waals surface area contributed by atoms with Gasteiger partial charge in [0.1, 0.15) is 0 Å². The van der Waals surface area contributed by atoms with Gasteiger partial charge in [0.25, 0.3) is 10.2 Å². The van der Waals surface area contributed by atoms with E-state index in [1.54, 1.807) is 8.61 Å². The zero-order chi connectivity index (χ0) is 15.7. The van der Waals surface area contributed by atoms with Crippen molar-refractivity contribution in [2.75, 3.05) is 52.4 Å². The summed E-state index contributed by atoms with van der Waals surface area (Å²) < 4.78 is 29.3. The first kappa shape index (κ1) is 19.4. The van der Waals surface area contributed by atoms with Crippen LogP contribution in [-0.4, -0.2) is 80.3 Å². The van der Waals surface area contributed by atoms with Crippen molar-refractivity contribution >= 4 is 22.6 Å². The second kappa shape index (κ2) is 7.97. The van der Waals surface area contributed by atoms with E-state index in [0.717, 1.165) is 39.0 Å². The van der Waals surface area contributed by atoms with Crippen LogP contribution >= 0.6 is 12.4 Å². The first-order chi connectivity index (χ1) is 10.5. The molecule has 3 heterocycles. The van der Waals surface area contributed by atoms with E-state index in [1.807, 2.05) is 0 Å². The van der Waals surface area contributed by atoms with E-state index in [-0.39, 0.29) is 12.4 Å². The van der Waals surface area contributed by atoms with Crippen LogP contribution < -0.4 is 5.32 Å². The van der Waals surface area contributed by atoms with Gasteiger partial charge in [-0.15, -0.1) is 12.4 Å². The Bertz CT molecular complexity index is 474. The van der Waals surface area contributed by atoms with E-state index < -0.39 is 10.2 Å². The van der Waals surface area contributed by atoms with Crippen molar-refractivity contribution in [2.45, 2.75) is 32.7 Å². The quantitative estimate of drug-likeness (QED) is 0.795. The molecule has 0 aromatic rings. The number of halogens is 1. The average molecular weight is 367 g/mol. The lowest BCUT2D eigenvalue weighted by Gasteiger charge is -2.37. The fourth-order valence-corrected chi connectivity index (χ4v) is 6.13. The van der Waals surface area contributed by atoms with Crippen LogP contribution in [0.1, 0.15) is 26.7 Å². The third-order valence-corrected chi connectivity index (χ3v) is 7.22.